The molecule has 1 N–H and O–H groups in total. The molecule has 1 saturated heterocycles. The van der Waals surface area contributed by atoms with Gasteiger partial charge in [-0.25, -0.2) is 4.39 Å². The van der Waals surface area contributed by atoms with Crippen LogP contribution in [0.1, 0.15) is 45.9 Å². The van der Waals surface area contributed by atoms with Gasteiger partial charge in [0.2, 0.25) is 5.89 Å². The summed E-state index contributed by atoms with van der Waals surface area (Å²) in [5.74, 6) is 0.513. The van der Waals surface area contributed by atoms with Gasteiger partial charge < -0.3 is 14.6 Å². The van der Waals surface area contributed by atoms with Crippen molar-refractivity contribution in [3.8, 4) is 0 Å². The van der Waals surface area contributed by atoms with Gasteiger partial charge in [0.05, 0.1) is 6.54 Å². The summed E-state index contributed by atoms with van der Waals surface area (Å²) >= 11 is 0. The topological polar surface area (TPSA) is 54.2 Å². The quantitative estimate of drug-likeness (QED) is 0.785. The predicted molar refractivity (Wildman–Crippen MR) is 85.8 cm³/mol. The number of nitrogens with zero attached hydrogens (tertiary/aromatic N) is 3. The van der Waals surface area contributed by atoms with Crippen molar-refractivity contribution in [2.45, 2.75) is 65.2 Å². The average molecular weight is 310 g/mol. The lowest BCUT2D eigenvalue weighted by molar-refractivity contribution is 0.352. The summed E-state index contributed by atoms with van der Waals surface area (Å²) in [4.78, 5) is 1.89. The summed E-state index contributed by atoms with van der Waals surface area (Å²) in [7, 11) is 0. The van der Waals surface area contributed by atoms with E-state index >= 15 is 0 Å². The van der Waals surface area contributed by atoms with E-state index in [0.29, 0.717) is 30.9 Å². The standard InChI is InChI=1S/C16H27FN4O/c1-11(2)6-5-7-12(3)18-9-15-8-14(17)10-21(15)16-20-19-13(4)22-16/h6,12,14-15,18H,5,7-10H2,1-4H3/t12-,14+,15+/m1/s1. The number of allylic oxidation sites excluding steroid dienone is 2. The molecule has 0 spiro atoms. The number of aryl methyl sites for hydroxylation is 1. The normalized spacial score (nSPS) is 22.9. The van der Waals surface area contributed by atoms with Crippen LogP contribution in [0.3, 0.4) is 0 Å². The fourth-order valence-electron chi connectivity index (χ4n) is 2.75. The van der Waals surface area contributed by atoms with Crippen LogP contribution >= 0.6 is 0 Å². The second kappa shape index (κ2) is 7.72. The molecule has 2 heterocycles. The van der Waals surface area contributed by atoms with Crippen molar-refractivity contribution in [3.05, 3.63) is 17.5 Å². The summed E-state index contributed by atoms with van der Waals surface area (Å²) in [5, 5.41) is 11.3. The minimum absolute atomic E-state index is 0.0701. The first-order valence-electron chi connectivity index (χ1n) is 8.03. The smallest absolute Gasteiger partial charge is 0.318 e. The van der Waals surface area contributed by atoms with E-state index in [9.17, 15) is 4.39 Å². The third-order valence-electron chi connectivity index (χ3n) is 3.98. The number of hydrogen-bond donors (Lipinski definition) is 1. The van der Waals surface area contributed by atoms with Crippen molar-refractivity contribution >= 4 is 6.01 Å². The molecule has 0 aliphatic carbocycles. The second-order valence-corrected chi connectivity index (χ2v) is 6.41. The molecule has 0 amide bonds. The third-order valence-corrected chi connectivity index (χ3v) is 3.98. The SMILES string of the molecule is CC(C)=CCC[C@@H](C)NC[C@@H]1C[C@H](F)CN1c1nnc(C)o1. The molecule has 3 atom stereocenters. The molecule has 1 aromatic rings. The van der Waals surface area contributed by atoms with Crippen molar-refractivity contribution in [1.29, 1.82) is 0 Å². The Labute approximate surface area is 132 Å². The Bertz CT molecular complexity index is 498. The minimum atomic E-state index is -0.833. The number of alkyl halides is 1. The highest BCUT2D eigenvalue weighted by atomic mass is 19.1. The maximum absolute atomic E-state index is 13.8. The molecule has 0 aromatic carbocycles. The molecule has 1 aromatic heterocycles. The van der Waals surface area contributed by atoms with Gasteiger partial charge in [0.25, 0.3) is 0 Å². The molecule has 0 unspecified atom stereocenters. The van der Waals surface area contributed by atoms with Crippen LogP contribution in [0.5, 0.6) is 0 Å². The van der Waals surface area contributed by atoms with E-state index in [1.807, 2.05) is 4.90 Å². The maximum Gasteiger partial charge on any atom is 0.318 e. The summed E-state index contributed by atoms with van der Waals surface area (Å²) < 4.78 is 19.2. The molecular formula is C16H27FN4O. The Hall–Kier alpha value is -1.43. The van der Waals surface area contributed by atoms with Crippen molar-refractivity contribution in [1.82, 2.24) is 15.5 Å². The Morgan fingerprint density at radius 2 is 2.27 bits per heavy atom. The van der Waals surface area contributed by atoms with Crippen LogP contribution < -0.4 is 10.2 Å². The van der Waals surface area contributed by atoms with Crippen LogP contribution in [-0.4, -0.2) is 41.5 Å². The minimum Gasteiger partial charge on any atom is -0.408 e. The highest BCUT2D eigenvalue weighted by Gasteiger charge is 2.35. The lowest BCUT2D eigenvalue weighted by Gasteiger charge is -2.24. The van der Waals surface area contributed by atoms with E-state index in [1.54, 1.807) is 6.92 Å². The van der Waals surface area contributed by atoms with Gasteiger partial charge in [0.15, 0.2) is 0 Å². The van der Waals surface area contributed by atoms with Crippen molar-refractivity contribution in [3.63, 3.8) is 0 Å². The lowest BCUT2D eigenvalue weighted by atomic mass is 10.1. The van der Waals surface area contributed by atoms with Crippen LogP contribution in [0.15, 0.2) is 16.1 Å². The number of nitrogens with one attached hydrogen (secondary N) is 1. The Morgan fingerprint density at radius 1 is 1.50 bits per heavy atom. The fraction of sp³-hybridized carbons (Fsp3) is 0.750. The number of halogens is 1. The van der Waals surface area contributed by atoms with Crippen LogP contribution in [0.25, 0.3) is 0 Å². The van der Waals surface area contributed by atoms with Gasteiger partial charge in [-0.3, -0.25) is 0 Å². The zero-order chi connectivity index (χ0) is 16.1. The molecule has 1 fully saturated rings. The van der Waals surface area contributed by atoms with Crippen LogP contribution in [0, 0.1) is 6.92 Å². The van der Waals surface area contributed by atoms with Gasteiger partial charge >= 0.3 is 6.01 Å². The van der Waals surface area contributed by atoms with E-state index in [1.165, 1.54) is 5.57 Å². The maximum atomic E-state index is 13.8. The zero-order valence-electron chi connectivity index (χ0n) is 14.0. The van der Waals surface area contributed by atoms with Gasteiger partial charge in [0, 0.05) is 32.0 Å². The molecule has 6 heteroatoms. The molecular weight excluding hydrogens is 283 g/mol. The monoisotopic (exact) mass is 310 g/mol. The van der Waals surface area contributed by atoms with E-state index in [4.69, 9.17) is 4.42 Å². The van der Waals surface area contributed by atoms with Gasteiger partial charge in [-0.05, 0) is 33.6 Å². The highest BCUT2D eigenvalue weighted by molar-refractivity contribution is 5.30. The first-order valence-corrected chi connectivity index (χ1v) is 8.03. The number of aromatic nitrogens is 2. The average Bonchev–Trinajstić information content (AvgIpc) is 3.02. The Kier molecular flexibility index (Phi) is 5.94. The molecule has 124 valence electrons. The number of rotatable bonds is 7. The van der Waals surface area contributed by atoms with E-state index in [0.717, 1.165) is 19.4 Å². The Balaban J connectivity index is 1.83. The molecule has 22 heavy (non-hydrogen) atoms. The first kappa shape index (κ1) is 16.9. The third kappa shape index (κ3) is 4.80. The highest BCUT2D eigenvalue weighted by Crippen LogP contribution is 2.26. The summed E-state index contributed by atoms with van der Waals surface area (Å²) in [6, 6.07) is 0.905. The lowest BCUT2D eigenvalue weighted by Crippen LogP contribution is -2.41. The largest absolute Gasteiger partial charge is 0.408 e. The fourth-order valence-corrected chi connectivity index (χ4v) is 2.75. The van der Waals surface area contributed by atoms with Crippen LogP contribution in [-0.2, 0) is 0 Å². The van der Waals surface area contributed by atoms with Crippen molar-refractivity contribution in [2.75, 3.05) is 18.0 Å². The first-order chi connectivity index (χ1) is 10.5. The number of anilines is 1. The van der Waals surface area contributed by atoms with E-state index in [-0.39, 0.29) is 6.04 Å². The molecule has 0 radical (unpaired) electrons. The second-order valence-electron chi connectivity index (χ2n) is 6.41. The van der Waals surface area contributed by atoms with Crippen LogP contribution in [0.2, 0.25) is 0 Å². The van der Waals surface area contributed by atoms with Gasteiger partial charge in [-0.15, -0.1) is 5.10 Å². The van der Waals surface area contributed by atoms with Crippen LogP contribution in [0.4, 0.5) is 10.4 Å². The molecule has 5 nitrogen and oxygen atoms in total. The molecule has 2 rings (SSSR count). The van der Waals surface area contributed by atoms with Gasteiger partial charge in [-0.1, -0.05) is 16.7 Å². The van der Waals surface area contributed by atoms with Gasteiger partial charge in [-0.2, -0.15) is 0 Å². The number of hydrogen-bond acceptors (Lipinski definition) is 5. The van der Waals surface area contributed by atoms with Crippen molar-refractivity contribution in [2.24, 2.45) is 0 Å². The molecule has 0 bridgehead atoms. The summed E-state index contributed by atoms with van der Waals surface area (Å²) in [5.41, 5.74) is 1.35. The zero-order valence-corrected chi connectivity index (χ0v) is 14.0. The van der Waals surface area contributed by atoms with Gasteiger partial charge in [0.1, 0.15) is 6.17 Å². The molecule has 1 aliphatic heterocycles. The van der Waals surface area contributed by atoms with E-state index < -0.39 is 6.17 Å². The molecule has 1 aliphatic rings. The molecule has 0 saturated carbocycles. The van der Waals surface area contributed by atoms with E-state index in [2.05, 4.69) is 42.4 Å². The predicted octanol–water partition coefficient (Wildman–Crippen LogP) is 3.02. The Morgan fingerprint density at radius 3 is 2.91 bits per heavy atom. The summed E-state index contributed by atoms with van der Waals surface area (Å²) in [6.07, 6.45) is 4.07. The summed E-state index contributed by atoms with van der Waals surface area (Å²) in [6.45, 7) is 9.21. The van der Waals surface area contributed by atoms with Crippen molar-refractivity contribution < 1.29 is 8.81 Å².